The number of rotatable bonds is 4. The van der Waals surface area contributed by atoms with Gasteiger partial charge >= 0.3 is 0 Å². The molecule has 0 amide bonds. The Morgan fingerprint density at radius 2 is 2.27 bits per heavy atom. The minimum absolute atomic E-state index is 0.211. The standard InChI is InChI=1S/C19H29N5OS/c1-14-6-8-20-17-16(7-12-25-18(14)17)21-22-19(26-2)24-11-10-23-9-4-3-5-15(23)13-24/h6,8,15,19,22H,3-5,7,9-13H2,1-2H3/b21-16-. The Morgan fingerprint density at radius 3 is 3.15 bits per heavy atom. The van der Waals surface area contributed by atoms with E-state index >= 15 is 0 Å². The largest absolute Gasteiger partial charge is 0.491 e. The van der Waals surface area contributed by atoms with Gasteiger partial charge < -0.3 is 4.74 Å². The number of pyridine rings is 1. The van der Waals surface area contributed by atoms with E-state index in [1.165, 1.54) is 32.4 Å². The summed E-state index contributed by atoms with van der Waals surface area (Å²) in [7, 11) is 0. The van der Waals surface area contributed by atoms with Gasteiger partial charge in [-0.15, -0.1) is 11.8 Å². The Bertz CT molecular complexity index is 667. The predicted octanol–water partition coefficient (Wildman–Crippen LogP) is 2.28. The minimum atomic E-state index is 0.211. The first kappa shape index (κ1) is 18.1. The maximum absolute atomic E-state index is 5.80. The average Bonchev–Trinajstić information content (AvgIpc) is 2.69. The lowest BCUT2D eigenvalue weighted by molar-refractivity contribution is 0.0389. The summed E-state index contributed by atoms with van der Waals surface area (Å²) in [5.74, 6) is 0.885. The van der Waals surface area contributed by atoms with Gasteiger partial charge in [-0.3, -0.25) is 20.2 Å². The van der Waals surface area contributed by atoms with Crippen LogP contribution in [0.2, 0.25) is 0 Å². The van der Waals surface area contributed by atoms with Crippen LogP contribution < -0.4 is 10.2 Å². The first-order valence-corrected chi connectivity index (χ1v) is 11.0. The number of hydrogen-bond acceptors (Lipinski definition) is 7. The van der Waals surface area contributed by atoms with Crippen LogP contribution in [0.25, 0.3) is 0 Å². The Labute approximate surface area is 160 Å². The highest BCUT2D eigenvalue weighted by molar-refractivity contribution is 7.99. The van der Waals surface area contributed by atoms with Crippen LogP contribution in [0.3, 0.4) is 0 Å². The summed E-state index contributed by atoms with van der Waals surface area (Å²) >= 11 is 1.83. The van der Waals surface area contributed by atoms with Crippen LogP contribution in [0, 0.1) is 6.92 Å². The van der Waals surface area contributed by atoms with Crippen LogP contribution in [0.15, 0.2) is 17.4 Å². The zero-order chi connectivity index (χ0) is 17.9. The summed E-state index contributed by atoms with van der Waals surface area (Å²) in [5, 5.41) is 4.76. The summed E-state index contributed by atoms with van der Waals surface area (Å²) in [6.07, 6.45) is 8.87. The van der Waals surface area contributed by atoms with Crippen molar-refractivity contribution in [2.75, 3.05) is 39.0 Å². The van der Waals surface area contributed by atoms with E-state index in [9.17, 15) is 0 Å². The fourth-order valence-corrected chi connectivity index (χ4v) is 4.87. The maximum Gasteiger partial charge on any atom is 0.149 e. The van der Waals surface area contributed by atoms with Crippen molar-refractivity contribution in [2.24, 2.45) is 5.10 Å². The van der Waals surface area contributed by atoms with Gasteiger partial charge in [-0.2, -0.15) is 5.10 Å². The van der Waals surface area contributed by atoms with E-state index < -0.39 is 0 Å². The first-order chi connectivity index (χ1) is 12.8. The molecule has 142 valence electrons. The van der Waals surface area contributed by atoms with Crippen LogP contribution in [-0.2, 0) is 0 Å². The summed E-state index contributed by atoms with van der Waals surface area (Å²) < 4.78 is 5.80. The number of piperidine rings is 1. The molecule has 3 aliphatic heterocycles. The van der Waals surface area contributed by atoms with Crippen molar-refractivity contribution < 1.29 is 4.74 Å². The van der Waals surface area contributed by atoms with E-state index in [2.05, 4.69) is 33.4 Å². The number of thioether (sulfide) groups is 1. The van der Waals surface area contributed by atoms with E-state index in [-0.39, 0.29) is 5.50 Å². The molecule has 4 rings (SSSR count). The normalized spacial score (nSPS) is 26.7. The van der Waals surface area contributed by atoms with Crippen molar-refractivity contribution >= 4 is 17.5 Å². The van der Waals surface area contributed by atoms with Gasteiger partial charge in [0.15, 0.2) is 0 Å². The molecule has 1 aromatic heterocycles. The second-order valence-corrected chi connectivity index (χ2v) is 8.28. The molecule has 2 fully saturated rings. The smallest absolute Gasteiger partial charge is 0.149 e. The second kappa shape index (κ2) is 8.15. The molecule has 3 aliphatic rings. The number of ether oxygens (including phenoxy) is 1. The quantitative estimate of drug-likeness (QED) is 0.644. The van der Waals surface area contributed by atoms with Gasteiger partial charge in [0.05, 0.1) is 12.3 Å². The topological polar surface area (TPSA) is 53.0 Å². The predicted molar refractivity (Wildman–Crippen MR) is 107 cm³/mol. The molecule has 0 aromatic carbocycles. The number of nitrogens with one attached hydrogen (secondary N) is 1. The molecule has 0 aliphatic carbocycles. The number of aromatic nitrogens is 1. The van der Waals surface area contributed by atoms with Gasteiger partial charge in [-0.25, -0.2) is 0 Å². The van der Waals surface area contributed by atoms with Crippen molar-refractivity contribution in [3.05, 3.63) is 23.5 Å². The van der Waals surface area contributed by atoms with Gasteiger partial charge in [0.2, 0.25) is 0 Å². The zero-order valence-electron chi connectivity index (χ0n) is 15.8. The van der Waals surface area contributed by atoms with Gasteiger partial charge in [0.25, 0.3) is 0 Å². The molecule has 0 bridgehead atoms. The minimum Gasteiger partial charge on any atom is -0.491 e. The zero-order valence-corrected chi connectivity index (χ0v) is 16.6. The molecule has 4 heterocycles. The first-order valence-electron chi connectivity index (χ1n) is 9.68. The average molecular weight is 376 g/mol. The molecule has 6 nitrogen and oxygen atoms in total. The summed E-state index contributed by atoms with van der Waals surface area (Å²) in [5.41, 5.74) is 6.66. The Hall–Kier alpha value is -1.31. The number of hydrazone groups is 1. The molecule has 1 aromatic rings. The van der Waals surface area contributed by atoms with Crippen LogP contribution in [0.5, 0.6) is 5.75 Å². The van der Waals surface area contributed by atoms with Crippen LogP contribution in [0.4, 0.5) is 0 Å². The highest BCUT2D eigenvalue weighted by Crippen LogP contribution is 2.27. The maximum atomic E-state index is 5.80. The molecule has 0 spiro atoms. The second-order valence-electron chi connectivity index (χ2n) is 7.36. The van der Waals surface area contributed by atoms with E-state index in [0.717, 1.165) is 48.3 Å². The van der Waals surface area contributed by atoms with Gasteiger partial charge in [-0.1, -0.05) is 6.42 Å². The number of hydrogen-bond donors (Lipinski definition) is 1. The van der Waals surface area contributed by atoms with Crippen molar-refractivity contribution in [3.63, 3.8) is 0 Å². The number of aryl methyl sites for hydroxylation is 1. The fraction of sp³-hybridized carbons (Fsp3) is 0.684. The van der Waals surface area contributed by atoms with E-state index in [4.69, 9.17) is 9.84 Å². The Kier molecular flexibility index (Phi) is 5.66. The molecule has 1 N–H and O–H groups in total. The van der Waals surface area contributed by atoms with Gasteiger partial charge in [0, 0.05) is 38.3 Å². The van der Waals surface area contributed by atoms with Crippen molar-refractivity contribution in [2.45, 2.75) is 44.1 Å². The molecule has 0 saturated carbocycles. The lowest BCUT2D eigenvalue weighted by Crippen LogP contribution is -2.58. The molecular weight excluding hydrogens is 346 g/mol. The molecule has 7 heteroatoms. The monoisotopic (exact) mass is 375 g/mol. The van der Waals surface area contributed by atoms with Crippen LogP contribution in [0.1, 0.15) is 36.9 Å². The van der Waals surface area contributed by atoms with Gasteiger partial charge in [0.1, 0.15) is 16.9 Å². The molecule has 2 unspecified atom stereocenters. The van der Waals surface area contributed by atoms with Crippen molar-refractivity contribution in [1.82, 2.24) is 20.2 Å². The van der Waals surface area contributed by atoms with Crippen LogP contribution in [-0.4, -0.2) is 71.1 Å². The van der Waals surface area contributed by atoms with Crippen LogP contribution >= 0.6 is 11.8 Å². The molecular formula is C19H29N5OS. The molecule has 2 saturated heterocycles. The van der Waals surface area contributed by atoms with E-state index in [0.29, 0.717) is 6.61 Å². The third-order valence-corrected chi connectivity index (χ3v) is 6.54. The third-order valence-electron chi connectivity index (χ3n) is 5.69. The molecule has 0 radical (unpaired) electrons. The van der Waals surface area contributed by atoms with E-state index in [1.54, 1.807) is 0 Å². The van der Waals surface area contributed by atoms with Crippen molar-refractivity contribution in [3.8, 4) is 5.75 Å². The number of nitrogens with zero attached hydrogens (tertiary/aromatic N) is 4. The molecule has 2 atom stereocenters. The lowest BCUT2D eigenvalue weighted by Gasteiger charge is -2.45. The highest BCUT2D eigenvalue weighted by Gasteiger charge is 2.32. The summed E-state index contributed by atoms with van der Waals surface area (Å²) in [6, 6.07) is 2.71. The summed E-state index contributed by atoms with van der Waals surface area (Å²) in [6.45, 7) is 7.44. The SMILES string of the molecule is CSC(N/N=C1/CCOc2c(C)ccnc21)N1CCN2CCCCC2C1. The van der Waals surface area contributed by atoms with Gasteiger partial charge in [-0.05, 0) is 44.2 Å². The molecule has 26 heavy (non-hydrogen) atoms. The lowest BCUT2D eigenvalue weighted by atomic mass is 10.00. The number of fused-ring (bicyclic) bond motifs is 2. The van der Waals surface area contributed by atoms with E-state index in [1.807, 2.05) is 24.0 Å². The number of piperazine rings is 1. The Balaban J connectivity index is 1.45. The Morgan fingerprint density at radius 1 is 1.35 bits per heavy atom. The van der Waals surface area contributed by atoms with Crippen molar-refractivity contribution in [1.29, 1.82) is 0 Å². The fourth-order valence-electron chi connectivity index (χ4n) is 4.22. The highest BCUT2D eigenvalue weighted by atomic mass is 32.2. The third kappa shape index (κ3) is 3.70. The summed E-state index contributed by atoms with van der Waals surface area (Å²) in [4.78, 5) is 9.73.